The highest BCUT2D eigenvalue weighted by molar-refractivity contribution is 6.07. The Morgan fingerprint density at radius 1 is 1.13 bits per heavy atom. The second kappa shape index (κ2) is 5.24. The third kappa shape index (κ3) is 2.20. The largest absolute Gasteiger partial charge is 0.465 e. The smallest absolute Gasteiger partial charge is 0.237 e. The van der Waals surface area contributed by atoms with E-state index < -0.39 is 0 Å². The highest BCUT2D eigenvalue weighted by Crippen LogP contribution is 2.47. The van der Waals surface area contributed by atoms with Crippen molar-refractivity contribution in [2.45, 2.75) is 31.7 Å². The van der Waals surface area contributed by atoms with E-state index in [0.717, 1.165) is 49.7 Å². The topological polar surface area (TPSA) is 36.7 Å². The summed E-state index contributed by atoms with van der Waals surface area (Å²) in [5.74, 6) is 2.22. The molecule has 2 aromatic rings. The summed E-state index contributed by atoms with van der Waals surface area (Å²) >= 11 is 0. The summed E-state index contributed by atoms with van der Waals surface area (Å²) in [7, 11) is 1.90. The molecule has 1 aromatic carbocycles. The van der Waals surface area contributed by atoms with Gasteiger partial charge in [-0.1, -0.05) is 18.2 Å². The van der Waals surface area contributed by atoms with Crippen LogP contribution in [0.2, 0.25) is 0 Å². The van der Waals surface area contributed by atoms with Crippen LogP contribution >= 0.6 is 0 Å². The average Bonchev–Trinajstić information content (AvgIpc) is 3.06. The molecule has 0 N–H and O–H groups in total. The van der Waals surface area contributed by atoms with Crippen molar-refractivity contribution in [1.82, 2.24) is 4.90 Å². The van der Waals surface area contributed by atoms with Gasteiger partial charge in [0, 0.05) is 12.7 Å². The van der Waals surface area contributed by atoms with Crippen LogP contribution in [0.3, 0.4) is 0 Å². The van der Waals surface area contributed by atoms with Gasteiger partial charge in [0.25, 0.3) is 0 Å². The van der Waals surface area contributed by atoms with Gasteiger partial charge in [-0.15, -0.1) is 0 Å². The van der Waals surface area contributed by atoms with Gasteiger partial charge in [-0.05, 0) is 56.6 Å². The van der Waals surface area contributed by atoms with E-state index >= 15 is 0 Å². The Kier molecular flexibility index (Phi) is 3.31. The lowest BCUT2D eigenvalue weighted by atomic mass is 9.73. The number of hydrogen-bond donors (Lipinski definition) is 0. The Hall–Kier alpha value is -2.07. The van der Waals surface area contributed by atoms with Gasteiger partial charge >= 0.3 is 0 Å². The Labute approximate surface area is 136 Å². The molecule has 1 saturated heterocycles. The molecule has 4 heteroatoms. The number of likely N-dealkylation sites (tertiary alicyclic amines) is 1. The first-order valence-corrected chi connectivity index (χ1v) is 8.25. The predicted molar refractivity (Wildman–Crippen MR) is 89.5 cm³/mol. The van der Waals surface area contributed by atoms with Gasteiger partial charge in [-0.3, -0.25) is 9.69 Å². The Bertz CT molecular complexity index is 741. The summed E-state index contributed by atoms with van der Waals surface area (Å²) < 4.78 is 5.68. The molecule has 23 heavy (non-hydrogen) atoms. The molecular weight excluding hydrogens is 288 g/mol. The van der Waals surface area contributed by atoms with Crippen molar-refractivity contribution in [3.05, 3.63) is 53.5 Å². The van der Waals surface area contributed by atoms with Gasteiger partial charge in [0.05, 0.1) is 12.0 Å². The first-order valence-electron chi connectivity index (χ1n) is 8.25. The molecule has 0 unspecified atom stereocenters. The molecule has 0 bridgehead atoms. The zero-order chi connectivity index (χ0) is 16.0. The summed E-state index contributed by atoms with van der Waals surface area (Å²) in [5, 5.41) is 0. The quantitative estimate of drug-likeness (QED) is 0.855. The van der Waals surface area contributed by atoms with Crippen LogP contribution < -0.4 is 4.90 Å². The molecule has 1 spiro atoms. The van der Waals surface area contributed by atoms with E-state index in [9.17, 15) is 4.79 Å². The van der Waals surface area contributed by atoms with Gasteiger partial charge in [-0.2, -0.15) is 0 Å². The normalized spacial score (nSPS) is 20.3. The summed E-state index contributed by atoms with van der Waals surface area (Å²) in [4.78, 5) is 17.1. The van der Waals surface area contributed by atoms with E-state index in [1.807, 2.05) is 43.1 Å². The van der Waals surface area contributed by atoms with E-state index in [4.69, 9.17) is 4.42 Å². The number of carbonyl (C=O) groups is 1. The highest BCUT2D eigenvalue weighted by Gasteiger charge is 2.50. The van der Waals surface area contributed by atoms with Crippen LogP contribution in [0, 0.1) is 6.92 Å². The second-order valence-corrected chi connectivity index (χ2v) is 6.75. The number of hydrogen-bond acceptors (Lipinski definition) is 3. The molecule has 2 aliphatic rings. The van der Waals surface area contributed by atoms with Crippen LogP contribution in [0.15, 0.2) is 40.8 Å². The summed E-state index contributed by atoms with van der Waals surface area (Å²) in [5.41, 5.74) is 1.97. The third-order valence-electron chi connectivity index (χ3n) is 5.38. The minimum absolute atomic E-state index is 0.257. The van der Waals surface area contributed by atoms with E-state index in [-0.39, 0.29) is 11.3 Å². The fourth-order valence-corrected chi connectivity index (χ4v) is 4.08. The number of rotatable bonds is 2. The van der Waals surface area contributed by atoms with Crippen molar-refractivity contribution in [3.8, 4) is 0 Å². The van der Waals surface area contributed by atoms with Crippen molar-refractivity contribution in [3.63, 3.8) is 0 Å². The number of amides is 1. The third-order valence-corrected chi connectivity index (χ3v) is 5.38. The molecule has 0 atom stereocenters. The lowest BCUT2D eigenvalue weighted by Gasteiger charge is -2.38. The second-order valence-electron chi connectivity index (χ2n) is 6.75. The lowest BCUT2D eigenvalue weighted by Crippen LogP contribution is -2.47. The van der Waals surface area contributed by atoms with E-state index in [2.05, 4.69) is 17.0 Å². The Morgan fingerprint density at radius 3 is 2.57 bits per heavy atom. The van der Waals surface area contributed by atoms with Gasteiger partial charge in [0.1, 0.15) is 11.5 Å². The fraction of sp³-hybridized carbons (Fsp3) is 0.421. The number of piperidine rings is 1. The standard InChI is InChI=1S/C19H22N2O2/c1-14-7-8-15(23-14)13-21-11-9-19(10-12-21)16-5-3-4-6-17(16)20(2)18(19)22/h3-8H,9-13H2,1-2H3. The number of nitrogens with zero attached hydrogens (tertiary/aromatic N) is 2. The lowest BCUT2D eigenvalue weighted by molar-refractivity contribution is -0.124. The van der Waals surface area contributed by atoms with Crippen molar-refractivity contribution in [1.29, 1.82) is 0 Å². The van der Waals surface area contributed by atoms with E-state index in [0.29, 0.717) is 0 Å². The van der Waals surface area contributed by atoms with Crippen LogP contribution in [0.4, 0.5) is 5.69 Å². The van der Waals surface area contributed by atoms with Crippen molar-refractivity contribution in [2.75, 3.05) is 25.0 Å². The molecule has 2 aliphatic heterocycles. The molecule has 1 amide bonds. The molecule has 0 saturated carbocycles. The average molecular weight is 310 g/mol. The van der Waals surface area contributed by atoms with Gasteiger partial charge in [-0.25, -0.2) is 0 Å². The molecule has 3 heterocycles. The summed E-state index contributed by atoms with van der Waals surface area (Å²) in [6.07, 6.45) is 1.76. The number of para-hydroxylation sites is 1. The SMILES string of the molecule is Cc1ccc(CN2CCC3(CC2)C(=O)N(C)c2ccccc23)o1. The van der Waals surface area contributed by atoms with Crippen molar-refractivity contribution in [2.24, 2.45) is 0 Å². The zero-order valence-electron chi connectivity index (χ0n) is 13.7. The first kappa shape index (κ1) is 14.5. The van der Waals surface area contributed by atoms with Crippen LogP contribution in [0.25, 0.3) is 0 Å². The number of anilines is 1. The maximum Gasteiger partial charge on any atom is 0.237 e. The molecule has 4 nitrogen and oxygen atoms in total. The van der Waals surface area contributed by atoms with Gasteiger partial charge in [0.2, 0.25) is 5.91 Å². The molecule has 4 rings (SSSR count). The van der Waals surface area contributed by atoms with Crippen LogP contribution in [0.1, 0.15) is 29.9 Å². The van der Waals surface area contributed by atoms with Crippen molar-refractivity contribution < 1.29 is 9.21 Å². The molecule has 1 aromatic heterocycles. The molecular formula is C19H22N2O2. The van der Waals surface area contributed by atoms with Crippen molar-refractivity contribution >= 4 is 11.6 Å². The number of furan rings is 1. The first-order chi connectivity index (χ1) is 11.1. The maximum absolute atomic E-state index is 12.9. The minimum Gasteiger partial charge on any atom is -0.465 e. The number of carbonyl (C=O) groups excluding carboxylic acids is 1. The molecule has 0 radical (unpaired) electrons. The molecule has 1 fully saturated rings. The number of likely N-dealkylation sites (N-methyl/N-ethyl adjacent to an activating group) is 1. The van der Waals surface area contributed by atoms with Crippen LogP contribution in [-0.2, 0) is 16.8 Å². The number of fused-ring (bicyclic) bond motifs is 2. The Balaban J connectivity index is 1.54. The van der Waals surface area contributed by atoms with Gasteiger partial charge in [0.15, 0.2) is 0 Å². The minimum atomic E-state index is -0.319. The van der Waals surface area contributed by atoms with Gasteiger partial charge < -0.3 is 9.32 Å². The van der Waals surface area contributed by atoms with Crippen LogP contribution in [-0.4, -0.2) is 30.9 Å². The monoisotopic (exact) mass is 310 g/mol. The number of aryl methyl sites for hydroxylation is 1. The maximum atomic E-state index is 12.9. The molecule has 0 aliphatic carbocycles. The predicted octanol–water partition coefficient (Wildman–Crippen LogP) is 3.10. The Morgan fingerprint density at radius 2 is 1.87 bits per heavy atom. The molecule has 120 valence electrons. The van der Waals surface area contributed by atoms with E-state index in [1.54, 1.807) is 0 Å². The van der Waals surface area contributed by atoms with Crippen LogP contribution in [0.5, 0.6) is 0 Å². The fourth-order valence-electron chi connectivity index (χ4n) is 4.08. The highest BCUT2D eigenvalue weighted by atomic mass is 16.3. The summed E-state index contributed by atoms with van der Waals surface area (Å²) in [6.45, 7) is 4.65. The summed E-state index contributed by atoms with van der Waals surface area (Å²) in [6, 6.07) is 12.3. The van der Waals surface area contributed by atoms with E-state index in [1.165, 1.54) is 5.56 Å². The zero-order valence-corrected chi connectivity index (χ0v) is 13.7. The number of benzene rings is 1.